The second-order valence-electron chi connectivity index (χ2n) is 2.57. The van der Waals surface area contributed by atoms with Crippen LogP contribution in [0.1, 0.15) is 11.4 Å². The first kappa shape index (κ1) is 7.03. The Balaban J connectivity index is 2.15. The van der Waals surface area contributed by atoms with Crippen LogP contribution in [0, 0.1) is 0 Å². The number of pyridine rings is 1. The molecule has 3 heteroatoms. The highest BCUT2D eigenvalue weighted by atomic mass is 14.9. The van der Waals surface area contributed by atoms with Crippen molar-refractivity contribution in [2.75, 3.05) is 0 Å². The molecule has 3 nitrogen and oxygen atoms in total. The molecule has 2 aromatic heterocycles. The summed E-state index contributed by atoms with van der Waals surface area (Å²) < 4.78 is 0. The third kappa shape index (κ3) is 1.50. The van der Waals surface area contributed by atoms with Gasteiger partial charge in [-0.15, -0.1) is 0 Å². The van der Waals surface area contributed by atoms with Crippen LogP contribution in [0.2, 0.25) is 0 Å². The summed E-state index contributed by atoms with van der Waals surface area (Å²) in [6.45, 7) is 0. The molecule has 0 spiro atoms. The molecule has 0 aliphatic carbocycles. The zero-order chi connectivity index (χ0) is 8.23. The smallest absolute Gasteiger partial charge is 0.110 e. The maximum absolute atomic E-state index is 4.14. The third-order valence-corrected chi connectivity index (χ3v) is 1.68. The van der Waals surface area contributed by atoms with Gasteiger partial charge in [-0.3, -0.25) is 4.98 Å². The zero-order valence-electron chi connectivity index (χ0n) is 6.57. The van der Waals surface area contributed by atoms with Crippen molar-refractivity contribution in [1.82, 2.24) is 15.0 Å². The summed E-state index contributed by atoms with van der Waals surface area (Å²) in [5, 5.41) is 0. The summed E-state index contributed by atoms with van der Waals surface area (Å²) in [5.74, 6) is 0.987. The summed E-state index contributed by atoms with van der Waals surface area (Å²) in [4.78, 5) is 11.1. The molecule has 0 amide bonds. The molecule has 1 N–H and O–H groups in total. The SMILES string of the molecule is c1cc(Cc2ncc[nH]2)ccn1. The van der Waals surface area contributed by atoms with Gasteiger partial charge in [0.2, 0.25) is 0 Å². The predicted molar refractivity (Wildman–Crippen MR) is 45.6 cm³/mol. The van der Waals surface area contributed by atoms with Gasteiger partial charge in [0, 0.05) is 31.2 Å². The molecule has 0 aliphatic rings. The number of nitrogens with one attached hydrogen (secondary N) is 1. The van der Waals surface area contributed by atoms with Crippen LogP contribution >= 0.6 is 0 Å². The molecule has 0 bridgehead atoms. The minimum Gasteiger partial charge on any atom is -0.348 e. The van der Waals surface area contributed by atoms with E-state index >= 15 is 0 Å². The van der Waals surface area contributed by atoms with Gasteiger partial charge >= 0.3 is 0 Å². The number of aromatic nitrogens is 3. The molecule has 0 aliphatic heterocycles. The van der Waals surface area contributed by atoms with E-state index in [4.69, 9.17) is 0 Å². The van der Waals surface area contributed by atoms with Crippen molar-refractivity contribution in [3.05, 3.63) is 48.3 Å². The Labute approximate surface area is 70.5 Å². The van der Waals surface area contributed by atoms with Crippen molar-refractivity contribution >= 4 is 0 Å². The molecule has 0 saturated heterocycles. The lowest BCUT2D eigenvalue weighted by atomic mass is 10.2. The first-order chi connectivity index (χ1) is 5.95. The maximum atomic E-state index is 4.14. The van der Waals surface area contributed by atoms with E-state index in [1.165, 1.54) is 5.56 Å². The van der Waals surface area contributed by atoms with E-state index in [1.54, 1.807) is 18.6 Å². The molecule has 0 unspecified atom stereocenters. The molecular formula is C9H9N3. The van der Waals surface area contributed by atoms with Gasteiger partial charge < -0.3 is 4.98 Å². The van der Waals surface area contributed by atoms with Gasteiger partial charge in [0.1, 0.15) is 5.82 Å². The van der Waals surface area contributed by atoms with Gasteiger partial charge in [-0.05, 0) is 17.7 Å². The lowest BCUT2D eigenvalue weighted by Gasteiger charge is -1.95. The molecule has 60 valence electrons. The lowest BCUT2D eigenvalue weighted by Crippen LogP contribution is -1.89. The number of imidazole rings is 1. The molecule has 2 rings (SSSR count). The van der Waals surface area contributed by atoms with Gasteiger partial charge in [0.25, 0.3) is 0 Å². The normalized spacial score (nSPS) is 10.0. The number of H-pyrrole nitrogens is 1. The van der Waals surface area contributed by atoms with Crippen molar-refractivity contribution in [2.45, 2.75) is 6.42 Å². The fourth-order valence-corrected chi connectivity index (χ4v) is 1.09. The second kappa shape index (κ2) is 3.17. The Morgan fingerprint density at radius 3 is 2.67 bits per heavy atom. The third-order valence-electron chi connectivity index (χ3n) is 1.68. The van der Waals surface area contributed by atoms with Crippen LogP contribution in [0.4, 0.5) is 0 Å². The van der Waals surface area contributed by atoms with E-state index in [0.29, 0.717) is 0 Å². The first-order valence-corrected chi connectivity index (χ1v) is 3.82. The maximum Gasteiger partial charge on any atom is 0.110 e. The largest absolute Gasteiger partial charge is 0.348 e. The van der Waals surface area contributed by atoms with Crippen LogP contribution < -0.4 is 0 Å². The van der Waals surface area contributed by atoms with Crippen molar-refractivity contribution in [1.29, 1.82) is 0 Å². The Hall–Kier alpha value is -1.64. The summed E-state index contributed by atoms with van der Waals surface area (Å²) in [6, 6.07) is 3.98. The minimum absolute atomic E-state index is 0.843. The van der Waals surface area contributed by atoms with Crippen LogP contribution in [0.25, 0.3) is 0 Å². The monoisotopic (exact) mass is 159 g/mol. The second-order valence-corrected chi connectivity index (χ2v) is 2.57. The molecule has 2 heterocycles. The quantitative estimate of drug-likeness (QED) is 0.719. The Morgan fingerprint density at radius 1 is 1.17 bits per heavy atom. The highest BCUT2D eigenvalue weighted by molar-refractivity contribution is 5.14. The zero-order valence-corrected chi connectivity index (χ0v) is 6.57. The van der Waals surface area contributed by atoms with Gasteiger partial charge in [0.05, 0.1) is 0 Å². The van der Waals surface area contributed by atoms with Gasteiger partial charge in [-0.25, -0.2) is 4.98 Å². The van der Waals surface area contributed by atoms with Crippen LogP contribution in [0.3, 0.4) is 0 Å². The van der Waals surface area contributed by atoms with E-state index in [0.717, 1.165) is 12.2 Å². The lowest BCUT2D eigenvalue weighted by molar-refractivity contribution is 1.02. The van der Waals surface area contributed by atoms with Gasteiger partial charge in [-0.1, -0.05) is 0 Å². The Morgan fingerprint density at radius 2 is 2.00 bits per heavy atom. The Kier molecular flexibility index (Phi) is 1.86. The standard InChI is InChI=1S/C9H9N3/c1-3-10-4-2-8(1)7-9-11-5-6-12-9/h1-6H,7H2,(H,11,12). The summed E-state index contributed by atoms with van der Waals surface area (Å²) in [5.41, 5.74) is 1.22. The molecule has 12 heavy (non-hydrogen) atoms. The predicted octanol–water partition coefficient (Wildman–Crippen LogP) is 1.40. The van der Waals surface area contributed by atoms with E-state index in [-0.39, 0.29) is 0 Å². The van der Waals surface area contributed by atoms with Crippen LogP contribution in [-0.2, 0) is 6.42 Å². The molecule has 0 saturated carbocycles. The summed E-state index contributed by atoms with van der Waals surface area (Å²) in [7, 11) is 0. The highest BCUT2D eigenvalue weighted by Gasteiger charge is 1.95. The number of rotatable bonds is 2. The van der Waals surface area contributed by atoms with Crippen LogP contribution in [0.5, 0.6) is 0 Å². The highest BCUT2D eigenvalue weighted by Crippen LogP contribution is 2.02. The van der Waals surface area contributed by atoms with E-state index in [2.05, 4.69) is 15.0 Å². The topological polar surface area (TPSA) is 41.6 Å². The van der Waals surface area contributed by atoms with Crippen molar-refractivity contribution in [3.63, 3.8) is 0 Å². The van der Waals surface area contributed by atoms with E-state index in [1.807, 2.05) is 18.3 Å². The van der Waals surface area contributed by atoms with E-state index in [9.17, 15) is 0 Å². The average Bonchev–Trinajstić information content (AvgIpc) is 2.59. The van der Waals surface area contributed by atoms with Crippen LogP contribution in [-0.4, -0.2) is 15.0 Å². The number of nitrogens with zero attached hydrogens (tertiary/aromatic N) is 2. The number of hydrogen-bond donors (Lipinski definition) is 1. The first-order valence-electron chi connectivity index (χ1n) is 3.82. The van der Waals surface area contributed by atoms with Gasteiger partial charge in [0.15, 0.2) is 0 Å². The summed E-state index contributed by atoms with van der Waals surface area (Å²) >= 11 is 0. The molecule has 0 atom stereocenters. The van der Waals surface area contributed by atoms with Crippen LogP contribution in [0.15, 0.2) is 36.9 Å². The average molecular weight is 159 g/mol. The van der Waals surface area contributed by atoms with Gasteiger partial charge in [-0.2, -0.15) is 0 Å². The molecule has 2 aromatic rings. The molecule has 0 aromatic carbocycles. The van der Waals surface area contributed by atoms with Crippen molar-refractivity contribution < 1.29 is 0 Å². The fourth-order valence-electron chi connectivity index (χ4n) is 1.09. The molecular weight excluding hydrogens is 150 g/mol. The number of hydrogen-bond acceptors (Lipinski definition) is 2. The minimum atomic E-state index is 0.843. The summed E-state index contributed by atoms with van der Waals surface area (Å²) in [6.07, 6.45) is 8.01. The molecule has 0 radical (unpaired) electrons. The molecule has 0 fully saturated rings. The fraction of sp³-hybridized carbons (Fsp3) is 0.111. The van der Waals surface area contributed by atoms with Crippen molar-refractivity contribution in [3.8, 4) is 0 Å². The van der Waals surface area contributed by atoms with Crippen molar-refractivity contribution in [2.24, 2.45) is 0 Å². The number of aromatic amines is 1. The Bertz CT molecular complexity index is 326. The van der Waals surface area contributed by atoms with E-state index < -0.39 is 0 Å².